The number of rotatable bonds is 1. The van der Waals surface area contributed by atoms with Crippen LogP contribution in [0.5, 0.6) is 0 Å². The molecule has 0 bridgehead atoms. The predicted molar refractivity (Wildman–Crippen MR) is 52.5 cm³/mol. The first kappa shape index (κ1) is 8.53. The van der Waals surface area contributed by atoms with E-state index in [2.05, 4.69) is 11.3 Å². The number of para-hydroxylation sites is 1. The van der Waals surface area contributed by atoms with Gasteiger partial charge in [-0.05, 0) is 19.1 Å². The third-order valence-electron chi connectivity index (χ3n) is 1.90. The normalized spacial score (nSPS) is 13.5. The Balaban J connectivity index is 2.75. The zero-order valence-electron chi connectivity index (χ0n) is 7.16. The molecule has 2 rings (SSSR count). The number of hydrogen-bond donors (Lipinski definition) is 1. The van der Waals surface area contributed by atoms with Crippen molar-refractivity contribution in [2.24, 2.45) is 5.73 Å². The van der Waals surface area contributed by atoms with E-state index < -0.39 is 0 Å². The summed E-state index contributed by atoms with van der Waals surface area (Å²) in [4.78, 5) is 4.07. The Morgan fingerprint density at radius 2 is 2.38 bits per heavy atom. The second-order valence-electron chi connectivity index (χ2n) is 2.93. The highest BCUT2D eigenvalue weighted by molar-refractivity contribution is 6.34. The van der Waals surface area contributed by atoms with Gasteiger partial charge in [0.15, 0.2) is 6.33 Å². The van der Waals surface area contributed by atoms with Crippen LogP contribution in [0.15, 0.2) is 18.2 Å². The van der Waals surface area contributed by atoms with Crippen molar-refractivity contribution in [2.45, 2.75) is 13.1 Å². The van der Waals surface area contributed by atoms with Crippen LogP contribution in [0, 0.1) is 6.33 Å². The van der Waals surface area contributed by atoms with Crippen molar-refractivity contribution in [3.05, 3.63) is 29.5 Å². The maximum absolute atomic E-state index is 5.94. The van der Waals surface area contributed by atoms with Gasteiger partial charge < -0.3 is 10.3 Å². The van der Waals surface area contributed by atoms with Crippen LogP contribution in [0.25, 0.3) is 11.0 Å². The van der Waals surface area contributed by atoms with Gasteiger partial charge in [-0.3, -0.25) is 0 Å². The molecule has 0 aliphatic heterocycles. The van der Waals surface area contributed by atoms with Gasteiger partial charge in [-0.1, -0.05) is 17.7 Å². The van der Waals surface area contributed by atoms with Crippen LogP contribution in [0.1, 0.15) is 13.1 Å². The molecular weight excluding hydrogens is 186 g/mol. The summed E-state index contributed by atoms with van der Waals surface area (Å²) >= 11 is 5.94. The number of imidazole rings is 1. The number of aromatic nitrogens is 2. The molecule has 1 unspecified atom stereocenters. The smallest absolute Gasteiger partial charge is 0.178 e. The van der Waals surface area contributed by atoms with Crippen molar-refractivity contribution in [1.82, 2.24) is 9.55 Å². The molecule has 0 saturated carbocycles. The van der Waals surface area contributed by atoms with Crippen LogP contribution in [0.4, 0.5) is 0 Å². The van der Waals surface area contributed by atoms with Gasteiger partial charge >= 0.3 is 0 Å². The van der Waals surface area contributed by atoms with Gasteiger partial charge in [-0.15, -0.1) is 0 Å². The summed E-state index contributed by atoms with van der Waals surface area (Å²) in [6, 6.07) is 5.60. The lowest BCUT2D eigenvalue weighted by atomic mass is 10.3. The third-order valence-corrected chi connectivity index (χ3v) is 2.21. The zero-order valence-corrected chi connectivity index (χ0v) is 7.92. The highest BCUT2D eigenvalue weighted by Gasteiger charge is 2.07. The van der Waals surface area contributed by atoms with Crippen LogP contribution < -0.4 is 5.73 Å². The maximum Gasteiger partial charge on any atom is 0.178 e. The van der Waals surface area contributed by atoms with Crippen LogP contribution in [-0.4, -0.2) is 9.55 Å². The molecule has 1 radical (unpaired) electrons. The van der Waals surface area contributed by atoms with Crippen LogP contribution in [0.3, 0.4) is 0 Å². The van der Waals surface area contributed by atoms with E-state index in [1.807, 2.05) is 19.1 Å². The van der Waals surface area contributed by atoms with E-state index in [1.165, 1.54) is 0 Å². The first-order valence-electron chi connectivity index (χ1n) is 4.00. The molecule has 0 amide bonds. The van der Waals surface area contributed by atoms with Gasteiger partial charge in [-0.2, -0.15) is 0 Å². The quantitative estimate of drug-likeness (QED) is 0.755. The second kappa shape index (κ2) is 3.01. The lowest BCUT2D eigenvalue weighted by molar-refractivity contribution is 0.584. The highest BCUT2D eigenvalue weighted by atomic mass is 35.5. The average Bonchev–Trinajstić information content (AvgIpc) is 2.48. The molecule has 0 aliphatic rings. The summed E-state index contributed by atoms with van der Waals surface area (Å²) in [7, 11) is 0. The van der Waals surface area contributed by atoms with Crippen molar-refractivity contribution in [3.8, 4) is 0 Å². The Morgan fingerprint density at radius 1 is 1.62 bits per heavy atom. The summed E-state index contributed by atoms with van der Waals surface area (Å²) in [5.41, 5.74) is 7.39. The number of fused-ring (bicyclic) bond motifs is 1. The highest BCUT2D eigenvalue weighted by Crippen LogP contribution is 2.22. The first-order chi connectivity index (χ1) is 6.20. The lowest BCUT2D eigenvalue weighted by Gasteiger charge is -2.06. The van der Waals surface area contributed by atoms with E-state index in [1.54, 1.807) is 10.6 Å². The molecular formula is C9H9ClN3. The number of halogens is 1. The fraction of sp³-hybridized carbons (Fsp3) is 0.222. The average molecular weight is 195 g/mol. The molecule has 3 nitrogen and oxygen atoms in total. The van der Waals surface area contributed by atoms with Gasteiger partial charge in [0.1, 0.15) is 5.52 Å². The zero-order chi connectivity index (χ0) is 9.42. The topological polar surface area (TPSA) is 43.8 Å². The molecule has 1 atom stereocenters. The van der Waals surface area contributed by atoms with E-state index in [4.69, 9.17) is 17.3 Å². The van der Waals surface area contributed by atoms with Crippen molar-refractivity contribution >= 4 is 22.6 Å². The van der Waals surface area contributed by atoms with Gasteiger partial charge in [0.2, 0.25) is 0 Å². The minimum Gasteiger partial charge on any atom is -0.311 e. The molecule has 4 heteroatoms. The molecule has 0 aliphatic carbocycles. The van der Waals surface area contributed by atoms with Gasteiger partial charge in [0, 0.05) is 0 Å². The molecule has 1 heterocycles. The fourth-order valence-corrected chi connectivity index (χ4v) is 1.49. The summed E-state index contributed by atoms with van der Waals surface area (Å²) < 4.78 is 1.77. The Kier molecular flexibility index (Phi) is 1.98. The lowest BCUT2D eigenvalue weighted by Crippen LogP contribution is -2.13. The van der Waals surface area contributed by atoms with Crippen LogP contribution in [-0.2, 0) is 0 Å². The van der Waals surface area contributed by atoms with E-state index in [-0.39, 0.29) is 6.17 Å². The number of hydrogen-bond acceptors (Lipinski definition) is 2. The first-order valence-corrected chi connectivity index (χ1v) is 4.37. The van der Waals surface area contributed by atoms with Crippen LogP contribution >= 0.6 is 11.6 Å². The predicted octanol–water partition coefficient (Wildman–Crippen LogP) is 1.97. The number of benzene rings is 1. The third kappa shape index (κ3) is 1.30. The maximum atomic E-state index is 5.94. The molecule has 1 aromatic heterocycles. The van der Waals surface area contributed by atoms with E-state index in [9.17, 15) is 0 Å². The van der Waals surface area contributed by atoms with Crippen LogP contribution in [0.2, 0.25) is 5.02 Å². The molecule has 13 heavy (non-hydrogen) atoms. The minimum absolute atomic E-state index is 0.136. The monoisotopic (exact) mass is 194 g/mol. The van der Waals surface area contributed by atoms with E-state index in [0.717, 1.165) is 11.0 Å². The SMILES string of the molecule is CC(N)n1[c]nc2c(Cl)cccc21. The molecule has 0 saturated heterocycles. The molecule has 1 aromatic carbocycles. The summed E-state index contributed by atoms with van der Waals surface area (Å²) in [5, 5.41) is 0.633. The fourth-order valence-electron chi connectivity index (χ4n) is 1.28. The van der Waals surface area contributed by atoms with E-state index in [0.29, 0.717) is 5.02 Å². The van der Waals surface area contributed by atoms with Gasteiger partial charge in [0.05, 0.1) is 16.7 Å². The summed E-state index contributed by atoms with van der Waals surface area (Å²) in [6.07, 6.45) is 2.68. The minimum atomic E-state index is -0.136. The molecule has 67 valence electrons. The molecule has 0 spiro atoms. The summed E-state index contributed by atoms with van der Waals surface area (Å²) in [5.74, 6) is 0. The Morgan fingerprint density at radius 3 is 3.08 bits per heavy atom. The van der Waals surface area contributed by atoms with Gasteiger partial charge in [-0.25, -0.2) is 4.98 Å². The number of nitrogens with zero attached hydrogens (tertiary/aromatic N) is 2. The molecule has 2 aromatic rings. The number of nitrogens with two attached hydrogens (primary N) is 1. The molecule has 0 fully saturated rings. The van der Waals surface area contributed by atoms with Crippen molar-refractivity contribution < 1.29 is 0 Å². The Bertz CT molecular complexity index is 433. The van der Waals surface area contributed by atoms with Crippen molar-refractivity contribution in [2.75, 3.05) is 0 Å². The second-order valence-corrected chi connectivity index (χ2v) is 3.34. The van der Waals surface area contributed by atoms with Gasteiger partial charge in [0.25, 0.3) is 0 Å². The Hall–Kier alpha value is -1.06. The summed E-state index contributed by atoms with van der Waals surface area (Å²) in [6.45, 7) is 1.87. The van der Waals surface area contributed by atoms with Crippen molar-refractivity contribution in [1.29, 1.82) is 0 Å². The Labute approximate surface area is 81.1 Å². The van der Waals surface area contributed by atoms with E-state index >= 15 is 0 Å². The van der Waals surface area contributed by atoms with Crippen molar-refractivity contribution in [3.63, 3.8) is 0 Å². The standard InChI is InChI=1S/C9H9ClN3/c1-6(11)13-5-12-9-7(10)3-2-4-8(9)13/h2-4,6H,11H2,1H3. The molecule has 2 N–H and O–H groups in total. The largest absolute Gasteiger partial charge is 0.311 e.